The fourth-order valence-corrected chi connectivity index (χ4v) is 2.83. The number of anilines is 1. The number of amides is 1. The van der Waals surface area contributed by atoms with E-state index < -0.39 is 0 Å². The second-order valence-corrected chi connectivity index (χ2v) is 6.32. The third-order valence-corrected chi connectivity index (χ3v) is 4.00. The summed E-state index contributed by atoms with van der Waals surface area (Å²) in [6.45, 7) is 7.46. The number of nitrogens with one attached hydrogen (secondary N) is 1. The molecule has 0 fully saturated rings. The van der Waals surface area contributed by atoms with Crippen molar-refractivity contribution in [3.63, 3.8) is 0 Å². The summed E-state index contributed by atoms with van der Waals surface area (Å²) in [5, 5.41) is 3.04. The van der Waals surface area contributed by atoms with E-state index in [2.05, 4.69) is 36.5 Å². The molecule has 0 saturated heterocycles. The molecule has 2 rings (SSSR count). The third-order valence-electron chi connectivity index (χ3n) is 4.00. The molecule has 3 nitrogen and oxygen atoms in total. The van der Waals surface area contributed by atoms with E-state index in [4.69, 9.17) is 4.74 Å². The second kappa shape index (κ2) is 9.24. The van der Waals surface area contributed by atoms with Gasteiger partial charge in [0.2, 0.25) is 5.91 Å². The van der Waals surface area contributed by atoms with E-state index in [0.717, 1.165) is 29.7 Å². The molecule has 0 atom stereocenters. The fraction of sp³-hybridized carbons (Fsp3) is 0.381. The minimum atomic E-state index is 0.0770. The molecule has 1 amide bonds. The van der Waals surface area contributed by atoms with Crippen LogP contribution in [0.15, 0.2) is 42.5 Å². The molecule has 0 saturated carbocycles. The van der Waals surface area contributed by atoms with E-state index in [1.165, 1.54) is 11.1 Å². The molecule has 3 heteroatoms. The van der Waals surface area contributed by atoms with Crippen LogP contribution in [0, 0.1) is 20.8 Å². The van der Waals surface area contributed by atoms with Gasteiger partial charge < -0.3 is 10.1 Å². The third kappa shape index (κ3) is 5.82. The van der Waals surface area contributed by atoms with Crippen molar-refractivity contribution < 1.29 is 9.53 Å². The highest BCUT2D eigenvalue weighted by molar-refractivity contribution is 5.92. The molecule has 0 aliphatic carbocycles. The predicted octanol–water partition coefficient (Wildman–Crippen LogP) is 4.94. The Morgan fingerprint density at radius 1 is 1.00 bits per heavy atom. The van der Waals surface area contributed by atoms with Gasteiger partial charge in [-0.05, 0) is 50.3 Å². The highest BCUT2D eigenvalue weighted by Gasteiger charge is 2.08. The molecule has 0 radical (unpaired) electrons. The standard InChI is InChI=1S/C21H27NO2/c1-16-13-17(2)21(18(3)14-16)22-20(23)11-7-8-12-24-15-19-9-5-4-6-10-19/h4-6,9-10,13-14H,7-8,11-12,15H2,1-3H3,(H,22,23). The molecule has 2 aromatic carbocycles. The molecule has 0 aromatic heterocycles. The van der Waals surface area contributed by atoms with Crippen molar-refractivity contribution in [1.29, 1.82) is 0 Å². The van der Waals surface area contributed by atoms with Gasteiger partial charge in [-0.1, -0.05) is 48.0 Å². The number of aryl methyl sites for hydroxylation is 3. The summed E-state index contributed by atoms with van der Waals surface area (Å²) in [7, 11) is 0. The van der Waals surface area contributed by atoms with E-state index in [9.17, 15) is 4.79 Å². The molecule has 0 aliphatic rings. The molecular weight excluding hydrogens is 298 g/mol. The molecule has 128 valence electrons. The first-order valence-corrected chi connectivity index (χ1v) is 8.55. The van der Waals surface area contributed by atoms with Crippen molar-refractivity contribution in [2.75, 3.05) is 11.9 Å². The SMILES string of the molecule is Cc1cc(C)c(NC(=O)CCCCOCc2ccccc2)c(C)c1. The minimum Gasteiger partial charge on any atom is -0.377 e. The summed E-state index contributed by atoms with van der Waals surface area (Å²) >= 11 is 0. The fourth-order valence-electron chi connectivity index (χ4n) is 2.83. The zero-order chi connectivity index (χ0) is 17.4. The van der Waals surface area contributed by atoms with Gasteiger partial charge in [-0.2, -0.15) is 0 Å². The Kier molecular flexibility index (Phi) is 7.01. The van der Waals surface area contributed by atoms with Gasteiger partial charge in [0, 0.05) is 18.7 Å². The average molecular weight is 325 g/mol. The number of benzene rings is 2. The molecule has 0 bridgehead atoms. The van der Waals surface area contributed by atoms with Crippen molar-refractivity contribution in [2.45, 2.75) is 46.6 Å². The zero-order valence-corrected chi connectivity index (χ0v) is 14.9. The Morgan fingerprint density at radius 3 is 2.33 bits per heavy atom. The molecule has 0 aliphatic heterocycles. The molecule has 0 heterocycles. The number of unbranched alkanes of at least 4 members (excludes halogenated alkanes) is 1. The van der Waals surface area contributed by atoms with Gasteiger partial charge in [-0.25, -0.2) is 0 Å². The summed E-state index contributed by atoms with van der Waals surface area (Å²) in [4.78, 5) is 12.1. The van der Waals surface area contributed by atoms with Gasteiger partial charge in [-0.15, -0.1) is 0 Å². The van der Waals surface area contributed by atoms with E-state index in [-0.39, 0.29) is 5.91 Å². The average Bonchev–Trinajstić information content (AvgIpc) is 2.55. The van der Waals surface area contributed by atoms with Gasteiger partial charge in [0.25, 0.3) is 0 Å². The van der Waals surface area contributed by atoms with Gasteiger partial charge in [-0.3, -0.25) is 4.79 Å². The first kappa shape index (κ1) is 18.2. The van der Waals surface area contributed by atoms with Crippen LogP contribution in [-0.4, -0.2) is 12.5 Å². The number of hydrogen-bond acceptors (Lipinski definition) is 2. The first-order chi connectivity index (χ1) is 11.6. The van der Waals surface area contributed by atoms with Crippen LogP contribution in [0.4, 0.5) is 5.69 Å². The van der Waals surface area contributed by atoms with Crippen LogP contribution in [0.3, 0.4) is 0 Å². The van der Waals surface area contributed by atoms with Crippen molar-refractivity contribution in [1.82, 2.24) is 0 Å². The van der Waals surface area contributed by atoms with Crippen molar-refractivity contribution in [2.24, 2.45) is 0 Å². The lowest BCUT2D eigenvalue weighted by Gasteiger charge is -2.12. The van der Waals surface area contributed by atoms with Crippen LogP contribution in [0.25, 0.3) is 0 Å². The summed E-state index contributed by atoms with van der Waals surface area (Å²) in [5.74, 6) is 0.0770. The normalized spacial score (nSPS) is 10.6. The van der Waals surface area contributed by atoms with Crippen LogP contribution in [0.2, 0.25) is 0 Å². The van der Waals surface area contributed by atoms with E-state index in [1.54, 1.807) is 0 Å². The molecule has 2 aromatic rings. The zero-order valence-electron chi connectivity index (χ0n) is 14.9. The number of carbonyl (C=O) groups is 1. The number of hydrogen-bond donors (Lipinski definition) is 1. The van der Waals surface area contributed by atoms with Crippen LogP contribution < -0.4 is 5.32 Å². The molecule has 0 unspecified atom stereocenters. The van der Waals surface area contributed by atoms with E-state index >= 15 is 0 Å². The Balaban J connectivity index is 1.65. The largest absolute Gasteiger partial charge is 0.377 e. The van der Waals surface area contributed by atoms with Crippen LogP contribution in [0.5, 0.6) is 0 Å². The van der Waals surface area contributed by atoms with E-state index in [0.29, 0.717) is 19.6 Å². The maximum atomic E-state index is 12.1. The smallest absolute Gasteiger partial charge is 0.224 e. The molecule has 0 spiro atoms. The lowest BCUT2D eigenvalue weighted by atomic mass is 10.0. The van der Waals surface area contributed by atoms with Crippen LogP contribution >= 0.6 is 0 Å². The highest BCUT2D eigenvalue weighted by Crippen LogP contribution is 2.22. The van der Waals surface area contributed by atoms with Crippen molar-refractivity contribution in [3.05, 3.63) is 64.7 Å². The van der Waals surface area contributed by atoms with Crippen LogP contribution in [-0.2, 0) is 16.1 Å². The van der Waals surface area contributed by atoms with E-state index in [1.807, 2.05) is 32.0 Å². The summed E-state index contributed by atoms with van der Waals surface area (Å²) in [6.07, 6.45) is 2.26. The summed E-state index contributed by atoms with van der Waals surface area (Å²) in [5.41, 5.74) is 5.59. The number of carbonyl (C=O) groups excluding carboxylic acids is 1. The molecule has 24 heavy (non-hydrogen) atoms. The Labute approximate surface area is 145 Å². The van der Waals surface area contributed by atoms with Crippen molar-refractivity contribution >= 4 is 11.6 Å². The lowest BCUT2D eigenvalue weighted by molar-refractivity contribution is -0.116. The Morgan fingerprint density at radius 2 is 1.67 bits per heavy atom. The lowest BCUT2D eigenvalue weighted by Crippen LogP contribution is -2.13. The Bertz CT molecular complexity index is 642. The topological polar surface area (TPSA) is 38.3 Å². The Hall–Kier alpha value is -2.13. The maximum Gasteiger partial charge on any atom is 0.224 e. The van der Waals surface area contributed by atoms with Gasteiger partial charge in [0.15, 0.2) is 0 Å². The van der Waals surface area contributed by atoms with Crippen molar-refractivity contribution in [3.8, 4) is 0 Å². The predicted molar refractivity (Wildman–Crippen MR) is 99.2 cm³/mol. The van der Waals surface area contributed by atoms with Gasteiger partial charge in [0.1, 0.15) is 0 Å². The molecule has 1 N–H and O–H groups in total. The van der Waals surface area contributed by atoms with Crippen LogP contribution in [0.1, 0.15) is 41.5 Å². The quantitative estimate of drug-likeness (QED) is 0.698. The maximum absolute atomic E-state index is 12.1. The molecular formula is C21H27NO2. The minimum absolute atomic E-state index is 0.0770. The van der Waals surface area contributed by atoms with Gasteiger partial charge >= 0.3 is 0 Å². The first-order valence-electron chi connectivity index (χ1n) is 8.55. The highest BCUT2D eigenvalue weighted by atomic mass is 16.5. The van der Waals surface area contributed by atoms with Gasteiger partial charge in [0.05, 0.1) is 6.61 Å². The number of rotatable bonds is 8. The number of ether oxygens (including phenoxy) is 1. The summed E-state index contributed by atoms with van der Waals surface area (Å²) in [6, 6.07) is 14.3. The monoisotopic (exact) mass is 325 g/mol. The second-order valence-electron chi connectivity index (χ2n) is 6.32. The summed E-state index contributed by atoms with van der Waals surface area (Å²) < 4.78 is 5.64.